The molecule has 0 aliphatic heterocycles. The molecule has 3 aromatic heterocycles. The van der Waals surface area contributed by atoms with E-state index in [1.165, 1.54) is 32.2 Å². The molecule has 4 aromatic rings. The minimum atomic E-state index is -4.54. The van der Waals surface area contributed by atoms with Gasteiger partial charge in [0.2, 0.25) is 0 Å². The first-order valence-electron chi connectivity index (χ1n) is 11.6. The van der Waals surface area contributed by atoms with Gasteiger partial charge in [-0.1, -0.05) is 35.9 Å². The Morgan fingerprint density at radius 1 is 1.21 bits per heavy atom. The van der Waals surface area contributed by atoms with Gasteiger partial charge in [0.05, 0.1) is 24.1 Å². The SMILES string of the molecule is COC(=O)c1sc(-n2cnc3c2C=CC(c2ccnc(Cl)c2)C3)cc1O[C@H](C)c1ccccc1C(F)(F)F. The number of halogens is 4. The van der Waals surface area contributed by atoms with E-state index in [0.29, 0.717) is 16.6 Å². The van der Waals surface area contributed by atoms with E-state index in [9.17, 15) is 18.0 Å². The molecule has 3 heterocycles. The molecule has 0 N–H and O–H groups in total. The summed E-state index contributed by atoms with van der Waals surface area (Å²) in [6, 6.07) is 10.6. The lowest BCUT2D eigenvalue weighted by Gasteiger charge is -2.19. The molecule has 0 saturated heterocycles. The molecule has 0 saturated carbocycles. The van der Waals surface area contributed by atoms with Crippen LogP contribution in [0.4, 0.5) is 13.2 Å². The zero-order valence-corrected chi connectivity index (χ0v) is 21.8. The number of hydrogen-bond donors (Lipinski definition) is 0. The number of alkyl halides is 3. The molecule has 0 amide bonds. The van der Waals surface area contributed by atoms with Gasteiger partial charge < -0.3 is 9.47 Å². The van der Waals surface area contributed by atoms with Crippen LogP contribution in [0.1, 0.15) is 56.7 Å². The van der Waals surface area contributed by atoms with Crippen LogP contribution in [-0.2, 0) is 17.3 Å². The van der Waals surface area contributed by atoms with E-state index in [1.54, 1.807) is 18.6 Å². The molecular formula is C27H21ClF3N3O3S. The summed E-state index contributed by atoms with van der Waals surface area (Å²) in [6.45, 7) is 1.51. The van der Waals surface area contributed by atoms with E-state index in [4.69, 9.17) is 21.1 Å². The van der Waals surface area contributed by atoms with E-state index in [-0.39, 0.29) is 22.1 Å². The molecule has 0 fully saturated rings. The molecule has 11 heteroatoms. The number of thiophene rings is 1. The second-order valence-corrected chi connectivity index (χ2v) is 10.1. The number of ether oxygens (including phenoxy) is 2. The molecule has 38 heavy (non-hydrogen) atoms. The average molecular weight is 560 g/mol. The Labute approximate surface area is 225 Å². The molecule has 0 spiro atoms. The van der Waals surface area contributed by atoms with Crippen molar-refractivity contribution in [3.05, 3.63) is 99.2 Å². The summed E-state index contributed by atoms with van der Waals surface area (Å²) in [4.78, 5) is 21.3. The fourth-order valence-electron chi connectivity index (χ4n) is 4.43. The van der Waals surface area contributed by atoms with Gasteiger partial charge in [0.25, 0.3) is 0 Å². The Bertz CT molecular complexity index is 1530. The Kier molecular flexibility index (Phi) is 7.02. The van der Waals surface area contributed by atoms with Gasteiger partial charge in [0, 0.05) is 30.2 Å². The molecule has 5 rings (SSSR count). The quantitative estimate of drug-likeness (QED) is 0.183. The average Bonchev–Trinajstić information content (AvgIpc) is 3.51. The summed E-state index contributed by atoms with van der Waals surface area (Å²) >= 11 is 7.16. The zero-order valence-electron chi connectivity index (χ0n) is 20.2. The maximum atomic E-state index is 13.6. The number of esters is 1. The molecule has 1 aliphatic rings. The third kappa shape index (κ3) is 5.06. The standard InChI is InChI=1S/C27H21ClF3N3O3S/c1-15(18-5-3-4-6-19(18)27(29,30)31)37-22-13-24(38-25(22)26(35)36-2)34-14-33-20-11-16(7-8-21(20)34)17-9-10-32-23(28)12-17/h3-10,12-16H,11H2,1-2H3/t15-,16?/m1/s1. The topological polar surface area (TPSA) is 66.2 Å². The van der Waals surface area contributed by atoms with E-state index in [2.05, 4.69) is 16.0 Å². The lowest BCUT2D eigenvalue weighted by molar-refractivity contribution is -0.139. The number of fused-ring (bicyclic) bond motifs is 1. The number of aromatic nitrogens is 3. The number of rotatable bonds is 6. The van der Waals surface area contributed by atoms with Gasteiger partial charge in [-0.15, -0.1) is 11.3 Å². The van der Waals surface area contributed by atoms with Crippen molar-refractivity contribution in [2.75, 3.05) is 7.11 Å². The van der Waals surface area contributed by atoms with Crippen LogP contribution in [0.15, 0.2) is 61.1 Å². The van der Waals surface area contributed by atoms with Crippen LogP contribution >= 0.6 is 22.9 Å². The normalized spacial score (nSPS) is 15.7. The van der Waals surface area contributed by atoms with Crippen molar-refractivity contribution in [1.29, 1.82) is 0 Å². The van der Waals surface area contributed by atoms with Crippen LogP contribution in [0.3, 0.4) is 0 Å². The van der Waals surface area contributed by atoms with Gasteiger partial charge in [-0.2, -0.15) is 13.2 Å². The van der Waals surface area contributed by atoms with Crippen molar-refractivity contribution in [2.45, 2.75) is 31.5 Å². The van der Waals surface area contributed by atoms with Crippen molar-refractivity contribution < 1.29 is 27.4 Å². The smallest absolute Gasteiger partial charge is 0.416 e. The number of allylic oxidation sites excluding steroid dienone is 1. The number of benzene rings is 1. The largest absolute Gasteiger partial charge is 0.484 e. The van der Waals surface area contributed by atoms with Gasteiger partial charge in [0.1, 0.15) is 28.3 Å². The highest BCUT2D eigenvalue weighted by Gasteiger charge is 2.35. The Balaban J connectivity index is 1.46. The van der Waals surface area contributed by atoms with Gasteiger partial charge in [-0.05, 0) is 36.8 Å². The number of carbonyl (C=O) groups excluding carboxylic acids is 1. The number of hydrogen-bond acceptors (Lipinski definition) is 6. The second kappa shape index (κ2) is 10.3. The van der Waals surface area contributed by atoms with Crippen LogP contribution in [0.2, 0.25) is 5.15 Å². The van der Waals surface area contributed by atoms with E-state index < -0.39 is 23.8 Å². The highest BCUT2D eigenvalue weighted by atomic mass is 35.5. The second-order valence-electron chi connectivity index (χ2n) is 8.64. The lowest BCUT2D eigenvalue weighted by Crippen LogP contribution is -2.14. The van der Waals surface area contributed by atoms with Gasteiger partial charge in [-0.3, -0.25) is 4.57 Å². The third-order valence-corrected chi connectivity index (χ3v) is 7.57. The summed E-state index contributed by atoms with van der Waals surface area (Å²) in [5, 5.41) is 1.03. The summed E-state index contributed by atoms with van der Waals surface area (Å²) in [5.41, 5.74) is 1.89. The number of imidazole rings is 1. The van der Waals surface area contributed by atoms with Crippen molar-refractivity contribution in [2.24, 2.45) is 0 Å². The molecule has 0 radical (unpaired) electrons. The fraction of sp³-hybridized carbons (Fsp3) is 0.222. The van der Waals surface area contributed by atoms with Gasteiger partial charge in [-0.25, -0.2) is 14.8 Å². The number of carbonyl (C=O) groups is 1. The summed E-state index contributed by atoms with van der Waals surface area (Å²) in [7, 11) is 1.24. The van der Waals surface area contributed by atoms with Crippen LogP contribution in [0.5, 0.6) is 5.75 Å². The van der Waals surface area contributed by atoms with Crippen LogP contribution in [0.25, 0.3) is 11.1 Å². The molecule has 6 nitrogen and oxygen atoms in total. The number of methoxy groups -OCH3 is 1. The molecular weight excluding hydrogens is 539 g/mol. The molecule has 1 aliphatic carbocycles. The monoisotopic (exact) mass is 559 g/mol. The highest BCUT2D eigenvalue weighted by Crippen LogP contribution is 2.40. The molecule has 196 valence electrons. The van der Waals surface area contributed by atoms with E-state index in [0.717, 1.165) is 34.4 Å². The fourth-order valence-corrected chi connectivity index (χ4v) is 5.61. The molecule has 1 aromatic carbocycles. The first kappa shape index (κ1) is 26.0. The van der Waals surface area contributed by atoms with Crippen molar-refractivity contribution in [3.8, 4) is 10.8 Å². The van der Waals surface area contributed by atoms with Crippen molar-refractivity contribution >= 4 is 35.0 Å². The van der Waals surface area contributed by atoms with Crippen LogP contribution in [-0.4, -0.2) is 27.6 Å². The van der Waals surface area contributed by atoms with Crippen molar-refractivity contribution in [3.63, 3.8) is 0 Å². The summed E-state index contributed by atoms with van der Waals surface area (Å²) < 4.78 is 53.4. The molecule has 2 atom stereocenters. The summed E-state index contributed by atoms with van der Waals surface area (Å²) in [5.74, 6) is -0.437. The van der Waals surface area contributed by atoms with Gasteiger partial charge in [0.15, 0.2) is 4.88 Å². The van der Waals surface area contributed by atoms with Crippen molar-refractivity contribution in [1.82, 2.24) is 14.5 Å². The minimum Gasteiger partial charge on any atom is -0.484 e. The van der Waals surface area contributed by atoms with Gasteiger partial charge >= 0.3 is 12.1 Å². The first-order chi connectivity index (χ1) is 18.2. The van der Waals surface area contributed by atoms with E-state index >= 15 is 0 Å². The predicted octanol–water partition coefficient (Wildman–Crippen LogP) is 7.28. The molecule has 0 bridgehead atoms. The maximum Gasteiger partial charge on any atom is 0.416 e. The van der Waals surface area contributed by atoms with E-state index in [1.807, 2.05) is 22.8 Å². The minimum absolute atomic E-state index is 0.0335. The van der Waals surface area contributed by atoms with Crippen LogP contribution < -0.4 is 4.74 Å². The Morgan fingerprint density at radius 3 is 2.74 bits per heavy atom. The predicted molar refractivity (Wildman–Crippen MR) is 138 cm³/mol. The van der Waals surface area contributed by atoms with Crippen LogP contribution in [0, 0.1) is 0 Å². The maximum absolute atomic E-state index is 13.6. The number of nitrogens with zero attached hydrogens (tertiary/aromatic N) is 3. The first-order valence-corrected chi connectivity index (χ1v) is 12.8. The molecule has 1 unspecified atom stereocenters. The lowest BCUT2D eigenvalue weighted by atomic mass is 9.90. The number of pyridine rings is 1. The highest BCUT2D eigenvalue weighted by molar-refractivity contribution is 7.16. The Hall–Kier alpha value is -3.63. The third-order valence-electron chi connectivity index (χ3n) is 6.26. The zero-order chi connectivity index (χ0) is 27.0. The Morgan fingerprint density at radius 2 is 2.00 bits per heavy atom. The summed E-state index contributed by atoms with van der Waals surface area (Å²) in [6.07, 6.45) is 2.43.